The van der Waals surface area contributed by atoms with Gasteiger partial charge in [-0.25, -0.2) is 4.39 Å². The van der Waals surface area contributed by atoms with E-state index in [1.807, 2.05) is 0 Å². The van der Waals surface area contributed by atoms with Crippen molar-refractivity contribution in [3.63, 3.8) is 0 Å². The molecule has 0 saturated carbocycles. The van der Waals surface area contributed by atoms with E-state index in [1.54, 1.807) is 24.5 Å². The normalized spacial score (nSPS) is 12.6. The maximum Gasteiger partial charge on any atom is 0.293 e. The molecule has 140 valence electrons. The van der Waals surface area contributed by atoms with E-state index in [0.29, 0.717) is 29.5 Å². The summed E-state index contributed by atoms with van der Waals surface area (Å²) in [6.45, 7) is 4.09. The lowest BCUT2D eigenvalue weighted by atomic mass is 9.91. The van der Waals surface area contributed by atoms with Crippen molar-refractivity contribution in [1.82, 2.24) is 4.57 Å². The second-order valence-electron chi connectivity index (χ2n) is 6.42. The molecule has 0 bridgehead atoms. The fourth-order valence-corrected chi connectivity index (χ4v) is 2.79. The first-order chi connectivity index (χ1) is 12.4. The largest absolute Gasteiger partial charge is 0.465 e. The second-order valence-corrected chi connectivity index (χ2v) is 6.42. The van der Waals surface area contributed by atoms with Gasteiger partial charge in [0.15, 0.2) is 0 Å². The highest BCUT2D eigenvalue weighted by Gasteiger charge is 2.27. The number of fused-ring (bicyclic) bond motifs is 1. The van der Waals surface area contributed by atoms with Crippen molar-refractivity contribution < 1.29 is 28.2 Å². The number of halogens is 1. The number of methoxy groups -OCH3 is 1. The summed E-state index contributed by atoms with van der Waals surface area (Å²) in [5.74, 6) is -0.600. The lowest BCUT2D eigenvalue weighted by Crippen LogP contribution is -2.29. The molecular formula is C18H21FN2O5. The summed E-state index contributed by atoms with van der Waals surface area (Å²) in [5.41, 5.74) is 0.403. The Morgan fingerprint density at radius 2 is 2.00 bits per heavy atom. The van der Waals surface area contributed by atoms with Gasteiger partial charge >= 0.3 is 0 Å². The van der Waals surface area contributed by atoms with Gasteiger partial charge in [-0.2, -0.15) is 0 Å². The fraction of sp³-hybridized carbons (Fsp3) is 0.389. The summed E-state index contributed by atoms with van der Waals surface area (Å²) in [6.07, 6.45) is 0.727. The highest BCUT2D eigenvalue weighted by molar-refractivity contribution is 5.89. The van der Waals surface area contributed by atoms with Gasteiger partial charge in [-0.1, -0.05) is 0 Å². The van der Waals surface area contributed by atoms with Crippen LogP contribution in [0.25, 0.3) is 10.9 Å². The van der Waals surface area contributed by atoms with Crippen LogP contribution in [0.4, 0.5) is 10.1 Å². The lowest BCUT2D eigenvalue weighted by molar-refractivity contribution is -0.132. The van der Waals surface area contributed by atoms with Crippen LogP contribution in [0.2, 0.25) is 0 Å². The second kappa shape index (κ2) is 8.09. The summed E-state index contributed by atoms with van der Waals surface area (Å²) in [6, 6.07) is 4.56. The third-order valence-electron chi connectivity index (χ3n) is 4.23. The molecule has 0 fully saturated rings. The Labute approximate surface area is 150 Å². The molecule has 0 saturated heterocycles. The number of carbonyl (C=O) groups excluding carboxylic acids is 3. The van der Waals surface area contributed by atoms with Gasteiger partial charge in [0.05, 0.1) is 23.2 Å². The molecule has 1 unspecified atom stereocenters. The summed E-state index contributed by atoms with van der Waals surface area (Å²) >= 11 is 0. The van der Waals surface area contributed by atoms with Crippen LogP contribution < -0.4 is 5.32 Å². The number of nitrogens with zero attached hydrogens (tertiary/aromatic N) is 1. The average molecular weight is 364 g/mol. The van der Waals surface area contributed by atoms with E-state index in [2.05, 4.69) is 5.32 Å². The van der Waals surface area contributed by atoms with Crippen LogP contribution >= 0.6 is 0 Å². The zero-order chi connectivity index (χ0) is 19.3. The lowest BCUT2D eigenvalue weighted by Gasteiger charge is -2.23. The molecule has 8 heteroatoms. The summed E-state index contributed by atoms with van der Waals surface area (Å²) in [5, 5.41) is 2.97. The standard InChI is InChI=1S/C18H21FN2O5/c1-18(2,9-22)17-5-12-4-15(20-10-23)14(19)6-16(12)21(17)7-13(25-3)8-26-11-24/h4-6,9-11,13H,7-8H2,1-3H3,(H,20,23). The van der Waals surface area contributed by atoms with Crippen molar-refractivity contribution in [2.24, 2.45) is 0 Å². The van der Waals surface area contributed by atoms with Gasteiger partial charge in [-0.3, -0.25) is 9.59 Å². The number of benzene rings is 1. The van der Waals surface area contributed by atoms with E-state index in [0.717, 1.165) is 6.29 Å². The van der Waals surface area contributed by atoms with Crippen molar-refractivity contribution >= 4 is 35.8 Å². The van der Waals surface area contributed by atoms with Crippen molar-refractivity contribution in [3.05, 3.63) is 29.7 Å². The Morgan fingerprint density at radius 1 is 1.27 bits per heavy atom. The van der Waals surface area contributed by atoms with Gasteiger partial charge in [0, 0.05) is 24.3 Å². The molecule has 7 nitrogen and oxygen atoms in total. The third-order valence-corrected chi connectivity index (χ3v) is 4.23. The average Bonchev–Trinajstić information content (AvgIpc) is 2.97. The molecule has 1 N–H and O–H groups in total. The number of hydrogen-bond acceptors (Lipinski definition) is 5. The Kier molecular flexibility index (Phi) is 6.10. The van der Waals surface area contributed by atoms with Crippen LogP contribution in [0.5, 0.6) is 0 Å². The van der Waals surface area contributed by atoms with Crippen LogP contribution in [0.1, 0.15) is 19.5 Å². The quantitative estimate of drug-likeness (QED) is 0.652. The Balaban J connectivity index is 2.61. The summed E-state index contributed by atoms with van der Waals surface area (Å²) < 4.78 is 26.1. The Morgan fingerprint density at radius 3 is 2.58 bits per heavy atom. The minimum atomic E-state index is -0.836. The number of carbonyl (C=O) groups is 3. The topological polar surface area (TPSA) is 86.6 Å². The molecule has 0 spiro atoms. The van der Waals surface area contributed by atoms with E-state index in [1.165, 1.54) is 19.2 Å². The third kappa shape index (κ3) is 3.91. The minimum Gasteiger partial charge on any atom is -0.465 e. The number of rotatable bonds is 10. The Bertz CT molecular complexity index is 816. The van der Waals surface area contributed by atoms with E-state index < -0.39 is 17.3 Å². The van der Waals surface area contributed by atoms with E-state index in [4.69, 9.17) is 9.47 Å². The molecule has 1 aromatic heterocycles. The maximum absolute atomic E-state index is 14.3. The van der Waals surface area contributed by atoms with Gasteiger partial charge in [-0.15, -0.1) is 0 Å². The molecule has 0 aliphatic rings. The molecular weight excluding hydrogens is 343 g/mol. The molecule has 0 aliphatic carbocycles. The van der Waals surface area contributed by atoms with Crippen molar-refractivity contribution in [2.45, 2.75) is 31.9 Å². The summed E-state index contributed by atoms with van der Waals surface area (Å²) in [4.78, 5) is 32.6. The summed E-state index contributed by atoms with van der Waals surface area (Å²) in [7, 11) is 1.47. The zero-order valence-corrected chi connectivity index (χ0v) is 14.8. The first kappa shape index (κ1) is 19.6. The predicted octanol–water partition coefficient (Wildman–Crippen LogP) is 2.01. The van der Waals surface area contributed by atoms with Gasteiger partial charge in [0.2, 0.25) is 6.41 Å². The first-order valence-corrected chi connectivity index (χ1v) is 7.95. The molecule has 1 atom stereocenters. The van der Waals surface area contributed by atoms with Gasteiger partial charge in [0.1, 0.15) is 24.8 Å². The molecule has 0 radical (unpaired) electrons. The van der Waals surface area contributed by atoms with E-state index in [-0.39, 0.29) is 18.8 Å². The monoisotopic (exact) mass is 364 g/mol. The number of aromatic nitrogens is 1. The molecule has 2 aromatic rings. The molecule has 1 aromatic carbocycles. The molecule has 2 rings (SSSR count). The Hall–Kier alpha value is -2.74. The smallest absolute Gasteiger partial charge is 0.293 e. The van der Waals surface area contributed by atoms with Crippen molar-refractivity contribution in [1.29, 1.82) is 0 Å². The number of amides is 1. The number of aldehydes is 1. The van der Waals surface area contributed by atoms with Crippen molar-refractivity contribution in [3.8, 4) is 0 Å². The molecule has 0 aliphatic heterocycles. The predicted molar refractivity (Wildman–Crippen MR) is 93.5 cm³/mol. The SMILES string of the molecule is COC(COC=O)Cn1c(C(C)(C)C=O)cc2cc(NC=O)c(F)cc21. The number of anilines is 1. The van der Waals surface area contributed by atoms with Crippen LogP contribution in [-0.2, 0) is 35.8 Å². The van der Waals surface area contributed by atoms with Crippen LogP contribution in [-0.4, -0.2) is 43.6 Å². The van der Waals surface area contributed by atoms with Crippen molar-refractivity contribution in [2.75, 3.05) is 19.0 Å². The zero-order valence-electron chi connectivity index (χ0n) is 14.8. The molecule has 1 amide bonds. The van der Waals surface area contributed by atoms with Crippen LogP contribution in [0.15, 0.2) is 18.2 Å². The van der Waals surface area contributed by atoms with Gasteiger partial charge < -0.3 is 24.2 Å². The highest BCUT2D eigenvalue weighted by Crippen LogP contribution is 2.32. The number of hydrogen-bond donors (Lipinski definition) is 1. The van der Waals surface area contributed by atoms with Crippen LogP contribution in [0, 0.1) is 5.82 Å². The fourth-order valence-electron chi connectivity index (χ4n) is 2.79. The molecule has 1 heterocycles. The first-order valence-electron chi connectivity index (χ1n) is 7.95. The molecule has 26 heavy (non-hydrogen) atoms. The van der Waals surface area contributed by atoms with Gasteiger partial charge in [-0.05, 0) is 26.0 Å². The highest BCUT2D eigenvalue weighted by atomic mass is 19.1. The van der Waals surface area contributed by atoms with E-state index in [9.17, 15) is 18.8 Å². The number of ether oxygens (including phenoxy) is 2. The van der Waals surface area contributed by atoms with Crippen LogP contribution in [0.3, 0.4) is 0 Å². The van der Waals surface area contributed by atoms with E-state index >= 15 is 0 Å². The number of nitrogens with one attached hydrogen (secondary N) is 1. The minimum absolute atomic E-state index is 0.0217. The van der Waals surface area contributed by atoms with Gasteiger partial charge in [0.25, 0.3) is 6.47 Å². The maximum atomic E-state index is 14.3.